The molecule has 1 aromatic rings. The van der Waals surface area contributed by atoms with Gasteiger partial charge in [0.05, 0.1) is 10.7 Å². The number of aliphatic imine (C=N–C) groups is 1. The minimum atomic E-state index is -0.432. The van der Waals surface area contributed by atoms with Crippen LogP contribution in [0.2, 0.25) is 5.02 Å². The highest BCUT2D eigenvalue weighted by Gasteiger charge is 2.33. The Hall–Kier alpha value is -1.53. The predicted octanol–water partition coefficient (Wildman–Crippen LogP) is 2.76. The van der Waals surface area contributed by atoms with Crippen molar-refractivity contribution in [3.63, 3.8) is 0 Å². The van der Waals surface area contributed by atoms with Gasteiger partial charge in [0, 0.05) is 19.5 Å². The van der Waals surface area contributed by atoms with Crippen molar-refractivity contribution < 1.29 is 9.59 Å². The summed E-state index contributed by atoms with van der Waals surface area (Å²) in [6, 6.07) is 7.04. The molecule has 0 spiro atoms. The molecule has 22 heavy (non-hydrogen) atoms. The smallest absolute Gasteiger partial charge is 0.262 e. The van der Waals surface area contributed by atoms with Crippen molar-refractivity contribution in [2.24, 2.45) is 4.99 Å². The van der Waals surface area contributed by atoms with E-state index in [0.29, 0.717) is 10.7 Å². The van der Waals surface area contributed by atoms with Crippen LogP contribution in [0.5, 0.6) is 0 Å². The standard InChI is InChI=1S/C15H16ClN3O2S/c16-10-5-1-2-6-11(10)17-13(20)9-12-14(21)18-15(22-12)19-7-3-4-8-19/h1-2,5-6,12H,3-4,7-9H2,(H,17,20)/t12-/m1/s1. The molecule has 1 aromatic carbocycles. The molecule has 0 saturated carbocycles. The highest BCUT2D eigenvalue weighted by molar-refractivity contribution is 8.15. The number of benzene rings is 1. The number of carbonyl (C=O) groups is 2. The van der Waals surface area contributed by atoms with Crippen molar-refractivity contribution in [3.05, 3.63) is 29.3 Å². The zero-order chi connectivity index (χ0) is 15.5. The van der Waals surface area contributed by atoms with Gasteiger partial charge in [0.25, 0.3) is 5.91 Å². The van der Waals surface area contributed by atoms with Crippen LogP contribution in [-0.2, 0) is 9.59 Å². The summed E-state index contributed by atoms with van der Waals surface area (Å²) in [4.78, 5) is 30.3. The van der Waals surface area contributed by atoms with Gasteiger partial charge in [0.2, 0.25) is 5.91 Å². The van der Waals surface area contributed by atoms with Crippen LogP contribution in [0.3, 0.4) is 0 Å². The van der Waals surface area contributed by atoms with Crippen molar-refractivity contribution in [1.29, 1.82) is 0 Å². The summed E-state index contributed by atoms with van der Waals surface area (Å²) in [6.07, 6.45) is 2.37. The summed E-state index contributed by atoms with van der Waals surface area (Å²) in [6.45, 7) is 1.88. The molecule has 0 radical (unpaired) electrons. The third-order valence-corrected chi connectivity index (χ3v) is 5.17. The minimum absolute atomic E-state index is 0.107. The second-order valence-corrected chi connectivity index (χ2v) is 6.84. The van der Waals surface area contributed by atoms with Crippen LogP contribution in [0, 0.1) is 0 Å². The lowest BCUT2D eigenvalue weighted by Gasteiger charge is -2.16. The Morgan fingerprint density at radius 1 is 1.36 bits per heavy atom. The Morgan fingerprint density at radius 3 is 2.82 bits per heavy atom. The van der Waals surface area contributed by atoms with Gasteiger partial charge in [-0.05, 0) is 25.0 Å². The van der Waals surface area contributed by atoms with E-state index in [1.807, 2.05) is 0 Å². The van der Waals surface area contributed by atoms with Crippen molar-refractivity contribution in [3.8, 4) is 0 Å². The normalized spacial score (nSPS) is 21.1. The van der Waals surface area contributed by atoms with Crippen LogP contribution in [-0.4, -0.2) is 40.2 Å². The molecule has 0 aromatic heterocycles. The molecule has 2 heterocycles. The molecule has 116 valence electrons. The number of nitrogens with one attached hydrogen (secondary N) is 1. The number of anilines is 1. The number of para-hydroxylation sites is 1. The molecule has 2 aliphatic rings. The molecule has 0 unspecified atom stereocenters. The number of hydrogen-bond donors (Lipinski definition) is 1. The zero-order valence-corrected chi connectivity index (χ0v) is 13.5. The third kappa shape index (κ3) is 3.44. The third-order valence-electron chi connectivity index (χ3n) is 3.62. The molecular formula is C15H16ClN3O2S. The maximum Gasteiger partial charge on any atom is 0.262 e. The molecule has 1 saturated heterocycles. The second kappa shape index (κ2) is 6.71. The van der Waals surface area contributed by atoms with Gasteiger partial charge >= 0.3 is 0 Å². The van der Waals surface area contributed by atoms with E-state index in [4.69, 9.17) is 11.6 Å². The highest BCUT2D eigenvalue weighted by atomic mass is 35.5. The highest BCUT2D eigenvalue weighted by Crippen LogP contribution is 2.29. The summed E-state index contributed by atoms with van der Waals surface area (Å²) in [5.74, 6) is -0.446. The quantitative estimate of drug-likeness (QED) is 0.921. The van der Waals surface area contributed by atoms with E-state index in [9.17, 15) is 9.59 Å². The van der Waals surface area contributed by atoms with Crippen LogP contribution in [0.25, 0.3) is 0 Å². The first-order valence-electron chi connectivity index (χ1n) is 7.22. The summed E-state index contributed by atoms with van der Waals surface area (Å²) >= 11 is 7.40. The van der Waals surface area contributed by atoms with E-state index >= 15 is 0 Å². The van der Waals surface area contributed by atoms with Crippen LogP contribution in [0.4, 0.5) is 5.69 Å². The molecule has 0 bridgehead atoms. The van der Waals surface area contributed by atoms with E-state index < -0.39 is 5.25 Å². The first-order valence-corrected chi connectivity index (χ1v) is 8.48. The Kier molecular flexibility index (Phi) is 4.69. The van der Waals surface area contributed by atoms with Gasteiger partial charge in [0.15, 0.2) is 5.17 Å². The number of amidine groups is 1. The van der Waals surface area contributed by atoms with Crippen molar-refractivity contribution in [2.75, 3.05) is 18.4 Å². The molecule has 2 aliphatic heterocycles. The van der Waals surface area contributed by atoms with Gasteiger partial charge in [0.1, 0.15) is 5.25 Å². The zero-order valence-electron chi connectivity index (χ0n) is 11.9. The number of carbonyl (C=O) groups excluding carboxylic acids is 2. The maximum absolute atomic E-state index is 12.1. The van der Waals surface area contributed by atoms with E-state index in [1.165, 1.54) is 11.8 Å². The Balaban J connectivity index is 1.56. The number of nitrogens with zero attached hydrogens (tertiary/aromatic N) is 2. The topological polar surface area (TPSA) is 61.8 Å². The van der Waals surface area contributed by atoms with Gasteiger partial charge in [-0.15, -0.1) is 0 Å². The largest absolute Gasteiger partial charge is 0.351 e. The maximum atomic E-state index is 12.1. The van der Waals surface area contributed by atoms with Crippen LogP contribution in [0.15, 0.2) is 29.3 Å². The summed E-state index contributed by atoms with van der Waals surface area (Å²) in [7, 11) is 0. The Morgan fingerprint density at radius 2 is 2.09 bits per heavy atom. The average molecular weight is 338 g/mol. The van der Waals surface area contributed by atoms with Gasteiger partial charge in [-0.3, -0.25) is 9.59 Å². The lowest BCUT2D eigenvalue weighted by molar-refractivity contribution is -0.121. The molecular weight excluding hydrogens is 322 g/mol. The SMILES string of the molecule is O=C(C[C@H]1SC(N2CCCC2)=NC1=O)Nc1ccccc1Cl. The summed E-state index contributed by atoms with van der Waals surface area (Å²) < 4.78 is 0. The number of halogens is 1. The predicted molar refractivity (Wildman–Crippen MR) is 89.3 cm³/mol. The fraction of sp³-hybridized carbons (Fsp3) is 0.400. The number of thioether (sulfide) groups is 1. The molecule has 1 N–H and O–H groups in total. The van der Waals surface area contributed by atoms with Gasteiger partial charge in [-0.25, -0.2) is 0 Å². The minimum Gasteiger partial charge on any atom is -0.351 e. The first-order chi connectivity index (χ1) is 10.6. The molecule has 3 rings (SSSR count). The fourth-order valence-corrected chi connectivity index (χ4v) is 3.79. The number of rotatable bonds is 3. The van der Waals surface area contributed by atoms with E-state index in [1.54, 1.807) is 24.3 Å². The molecule has 7 heteroatoms. The molecule has 0 aliphatic carbocycles. The lowest BCUT2D eigenvalue weighted by atomic mass is 10.2. The second-order valence-electron chi connectivity index (χ2n) is 5.27. The fourth-order valence-electron chi connectivity index (χ4n) is 2.49. The summed E-state index contributed by atoms with van der Waals surface area (Å²) in [5, 5.41) is 3.55. The van der Waals surface area contributed by atoms with E-state index in [-0.39, 0.29) is 18.2 Å². The van der Waals surface area contributed by atoms with Crippen molar-refractivity contribution >= 4 is 46.0 Å². The number of hydrogen-bond acceptors (Lipinski definition) is 4. The molecule has 1 atom stereocenters. The first kappa shape index (κ1) is 15.4. The van der Waals surface area contributed by atoms with Gasteiger partial charge < -0.3 is 10.2 Å². The monoisotopic (exact) mass is 337 g/mol. The molecule has 1 fully saturated rings. The Bertz CT molecular complexity index is 629. The summed E-state index contributed by atoms with van der Waals surface area (Å²) in [5.41, 5.74) is 0.560. The number of amides is 2. The Labute approximate surface area is 138 Å². The number of likely N-dealkylation sites (tertiary alicyclic amines) is 1. The average Bonchev–Trinajstić information content (AvgIpc) is 3.12. The molecule has 2 amide bonds. The van der Waals surface area contributed by atoms with Gasteiger partial charge in [-0.1, -0.05) is 35.5 Å². The molecule has 5 nitrogen and oxygen atoms in total. The lowest BCUT2D eigenvalue weighted by Crippen LogP contribution is -2.25. The van der Waals surface area contributed by atoms with Crippen LogP contribution >= 0.6 is 23.4 Å². The van der Waals surface area contributed by atoms with E-state index in [2.05, 4.69) is 15.2 Å². The van der Waals surface area contributed by atoms with E-state index in [0.717, 1.165) is 31.1 Å². The van der Waals surface area contributed by atoms with Crippen LogP contribution < -0.4 is 5.32 Å². The van der Waals surface area contributed by atoms with Gasteiger partial charge in [-0.2, -0.15) is 4.99 Å². The van der Waals surface area contributed by atoms with Crippen molar-refractivity contribution in [1.82, 2.24) is 4.90 Å². The van der Waals surface area contributed by atoms with Crippen molar-refractivity contribution in [2.45, 2.75) is 24.5 Å². The van der Waals surface area contributed by atoms with Crippen LogP contribution in [0.1, 0.15) is 19.3 Å².